The summed E-state index contributed by atoms with van der Waals surface area (Å²) in [6, 6.07) is 16.8. The van der Waals surface area contributed by atoms with Gasteiger partial charge in [0.25, 0.3) is 0 Å². The second kappa shape index (κ2) is 7.85. The number of aromatic nitrogens is 2. The summed E-state index contributed by atoms with van der Waals surface area (Å²) in [6.07, 6.45) is 2.86. The molecule has 6 heteroatoms. The van der Waals surface area contributed by atoms with Gasteiger partial charge in [-0.3, -0.25) is 4.79 Å². The molecule has 2 saturated heterocycles. The van der Waals surface area contributed by atoms with Crippen LogP contribution in [-0.4, -0.2) is 39.5 Å². The summed E-state index contributed by atoms with van der Waals surface area (Å²) >= 11 is 0. The van der Waals surface area contributed by atoms with E-state index >= 15 is 0 Å². The number of imidazole rings is 1. The largest absolute Gasteiger partial charge is 0.341 e. The molecule has 0 spiro atoms. The Morgan fingerprint density at radius 3 is 2.70 bits per heavy atom. The fraction of sp³-hybridized carbons (Fsp3) is 0.417. The Morgan fingerprint density at radius 2 is 1.90 bits per heavy atom. The van der Waals surface area contributed by atoms with E-state index in [2.05, 4.69) is 65.8 Å². The zero-order valence-corrected chi connectivity index (χ0v) is 17.6. The Hall–Kier alpha value is -2.70. The van der Waals surface area contributed by atoms with Crippen molar-refractivity contribution in [3.8, 4) is 0 Å². The van der Waals surface area contributed by atoms with E-state index in [0.717, 1.165) is 49.2 Å². The Morgan fingerprint density at radius 1 is 1.10 bits per heavy atom. The van der Waals surface area contributed by atoms with Gasteiger partial charge in [-0.05, 0) is 43.9 Å². The van der Waals surface area contributed by atoms with E-state index in [1.54, 1.807) is 0 Å². The molecule has 156 valence electrons. The van der Waals surface area contributed by atoms with Crippen molar-refractivity contribution in [2.24, 2.45) is 7.05 Å². The number of piperidine rings is 1. The van der Waals surface area contributed by atoms with Gasteiger partial charge < -0.3 is 9.47 Å². The maximum absolute atomic E-state index is 13.3. The molecule has 30 heavy (non-hydrogen) atoms. The maximum atomic E-state index is 13.3. The van der Waals surface area contributed by atoms with Crippen molar-refractivity contribution in [2.45, 2.75) is 44.2 Å². The number of amides is 1. The summed E-state index contributed by atoms with van der Waals surface area (Å²) in [7, 11) is 2.08. The predicted molar refractivity (Wildman–Crippen MR) is 118 cm³/mol. The van der Waals surface area contributed by atoms with Crippen LogP contribution in [-0.2, 0) is 11.8 Å². The van der Waals surface area contributed by atoms with E-state index in [-0.39, 0.29) is 23.9 Å². The van der Waals surface area contributed by atoms with Crippen molar-refractivity contribution < 1.29 is 4.79 Å². The molecule has 3 aromatic rings. The van der Waals surface area contributed by atoms with Crippen molar-refractivity contribution in [3.63, 3.8) is 0 Å². The first kappa shape index (κ1) is 19.3. The summed E-state index contributed by atoms with van der Waals surface area (Å²) in [4.78, 5) is 20.2. The summed E-state index contributed by atoms with van der Waals surface area (Å²) < 4.78 is 2.19. The first-order valence-corrected chi connectivity index (χ1v) is 10.9. The second-order valence-corrected chi connectivity index (χ2v) is 8.68. The summed E-state index contributed by atoms with van der Waals surface area (Å²) in [5.41, 5.74) is 11.2. The molecule has 3 heterocycles. The molecule has 0 radical (unpaired) electrons. The fourth-order valence-electron chi connectivity index (χ4n) is 4.87. The number of para-hydroxylation sites is 2. The minimum Gasteiger partial charge on any atom is -0.341 e. The quantitative estimate of drug-likeness (QED) is 0.705. The monoisotopic (exact) mass is 403 g/mol. The Balaban J connectivity index is 1.28. The van der Waals surface area contributed by atoms with Crippen LogP contribution in [0.3, 0.4) is 0 Å². The van der Waals surface area contributed by atoms with Crippen LogP contribution in [0.1, 0.15) is 48.2 Å². The average molecular weight is 404 g/mol. The third-order valence-electron chi connectivity index (χ3n) is 6.60. The van der Waals surface area contributed by atoms with Gasteiger partial charge in [0, 0.05) is 32.1 Å². The SMILES string of the molecule is Cc1ccc(C2CC(C(=O)N3CCCC(c4nc5ccccc5n4C)C3)NN2)cc1. The number of aryl methyl sites for hydroxylation is 2. The number of hydrogen-bond donors (Lipinski definition) is 2. The minimum atomic E-state index is -0.185. The zero-order chi connectivity index (χ0) is 20.7. The van der Waals surface area contributed by atoms with Crippen LogP contribution >= 0.6 is 0 Å². The van der Waals surface area contributed by atoms with Crippen LogP contribution in [0.2, 0.25) is 0 Å². The molecule has 2 aliphatic heterocycles. The number of nitrogens with one attached hydrogen (secondary N) is 2. The molecular weight excluding hydrogens is 374 g/mol. The second-order valence-electron chi connectivity index (χ2n) is 8.68. The Labute approximate surface area is 177 Å². The van der Waals surface area contributed by atoms with Crippen LogP contribution in [0.25, 0.3) is 11.0 Å². The van der Waals surface area contributed by atoms with Gasteiger partial charge >= 0.3 is 0 Å². The van der Waals surface area contributed by atoms with Crippen molar-refractivity contribution in [1.82, 2.24) is 25.3 Å². The highest BCUT2D eigenvalue weighted by molar-refractivity contribution is 5.82. The summed E-state index contributed by atoms with van der Waals surface area (Å²) in [5.74, 6) is 1.56. The molecule has 1 amide bonds. The lowest BCUT2D eigenvalue weighted by molar-refractivity contribution is -0.134. The van der Waals surface area contributed by atoms with Gasteiger partial charge in [0.1, 0.15) is 11.9 Å². The predicted octanol–water partition coefficient (Wildman–Crippen LogP) is 3.20. The van der Waals surface area contributed by atoms with E-state index in [9.17, 15) is 4.79 Å². The number of hydrogen-bond acceptors (Lipinski definition) is 4. The number of carbonyl (C=O) groups excluding carboxylic acids is 1. The third-order valence-corrected chi connectivity index (χ3v) is 6.60. The van der Waals surface area contributed by atoms with Crippen molar-refractivity contribution in [2.75, 3.05) is 13.1 Å². The number of nitrogens with zero attached hydrogens (tertiary/aromatic N) is 3. The van der Waals surface area contributed by atoms with Crippen molar-refractivity contribution in [3.05, 3.63) is 65.5 Å². The number of carbonyl (C=O) groups is 1. The molecule has 5 rings (SSSR count). The molecule has 0 saturated carbocycles. The number of likely N-dealkylation sites (tertiary alicyclic amines) is 1. The maximum Gasteiger partial charge on any atom is 0.241 e. The number of fused-ring (bicyclic) bond motifs is 1. The highest BCUT2D eigenvalue weighted by Crippen LogP contribution is 2.30. The number of rotatable bonds is 3. The molecule has 6 nitrogen and oxygen atoms in total. The minimum absolute atomic E-state index is 0.167. The van der Waals surface area contributed by atoms with Crippen molar-refractivity contribution in [1.29, 1.82) is 0 Å². The van der Waals surface area contributed by atoms with Gasteiger partial charge in [-0.2, -0.15) is 0 Å². The van der Waals surface area contributed by atoms with Gasteiger partial charge in [-0.15, -0.1) is 0 Å². The summed E-state index contributed by atoms with van der Waals surface area (Å²) in [5, 5.41) is 0. The van der Waals surface area contributed by atoms with Gasteiger partial charge in [0.15, 0.2) is 0 Å². The highest BCUT2D eigenvalue weighted by atomic mass is 16.2. The molecule has 0 bridgehead atoms. The molecule has 1 aromatic heterocycles. The normalized spacial score (nSPS) is 24.5. The van der Waals surface area contributed by atoms with E-state index in [0.29, 0.717) is 0 Å². The highest BCUT2D eigenvalue weighted by Gasteiger charge is 2.35. The first-order valence-electron chi connectivity index (χ1n) is 10.9. The van der Waals surface area contributed by atoms with Gasteiger partial charge in [-0.25, -0.2) is 15.8 Å². The van der Waals surface area contributed by atoms with Gasteiger partial charge in [0.2, 0.25) is 5.91 Å². The molecular formula is C24H29N5O. The average Bonchev–Trinajstić information content (AvgIpc) is 3.40. The van der Waals surface area contributed by atoms with E-state index in [1.807, 2.05) is 17.0 Å². The number of benzene rings is 2. The first-order chi connectivity index (χ1) is 14.6. The third kappa shape index (κ3) is 3.50. The Kier molecular flexibility index (Phi) is 5.05. The van der Waals surface area contributed by atoms with Gasteiger partial charge in [0.05, 0.1) is 11.0 Å². The van der Waals surface area contributed by atoms with E-state index in [1.165, 1.54) is 11.1 Å². The van der Waals surface area contributed by atoms with Crippen LogP contribution in [0, 0.1) is 6.92 Å². The van der Waals surface area contributed by atoms with Crippen LogP contribution < -0.4 is 10.9 Å². The molecule has 3 atom stereocenters. The molecule has 2 N–H and O–H groups in total. The Bertz CT molecular complexity index is 1060. The van der Waals surface area contributed by atoms with E-state index < -0.39 is 0 Å². The molecule has 3 unspecified atom stereocenters. The van der Waals surface area contributed by atoms with Crippen LogP contribution in [0.4, 0.5) is 0 Å². The lowest BCUT2D eigenvalue weighted by atomic mass is 9.95. The lowest BCUT2D eigenvalue weighted by Crippen LogP contribution is -2.48. The van der Waals surface area contributed by atoms with Crippen LogP contribution in [0.15, 0.2) is 48.5 Å². The standard InChI is InChI=1S/C24H29N5O/c1-16-9-11-17(12-10-16)20-14-21(27-26-20)24(30)29-13-5-6-18(15-29)23-25-19-7-3-4-8-22(19)28(23)2/h3-4,7-12,18,20-21,26-27H,5-6,13-15H2,1-2H3. The molecule has 2 aliphatic rings. The fourth-order valence-corrected chi connectivity index (χ4v) is 4.87. The number of hydrazine groups is 1. The lowest BCUT2D eigenvalue weighted by Gasteiger charge is -2.34. The van der Waals surface area contributed by atoms with E-state index in [4.69, 9.17) is 4.98 Å². The molecule has 2 aromatic carbocycles. The van der Waals surface area contributed by atoms with Gasteiger partial charge in [-0.1, -0.05) is 42.0 Å². The summed E-state index contributed by atoms with van der Waals surface area (Å²) in [6.45, 7) is 3.66. The smallest absolute Gasteiger partial charge is 0.241 e. The van der Waals surface area contributed by atoms with Crippen LogP contribution in [0.5, 0.6) is 0 Å². The van der Waals surface area contributed by atoms with Crippen molar-refractivity contribution >= 4 is 16.9 Å². The zero-order valence-electron chi connectivity index (χ0n) is 17.6. The topological polar surface area (TPSA) is 62.2 Å². The molecule has 2 fully saturated rings. The molecule has 0 aliphatic carbocycles.